The lowest BCUT2D eigenvalue weighted by atomic mass is 10.0. The molecule has 0 unspecified atom stereocenters. The number of halogens is 1. The Hall–Kier alpha value is -3.31. The molecule has 0 fully saturated rings. The third-order valence-electron chi connectivity index (χ3n) is 5.51. The molecule has 3 aromatic carbocycles. The smallest absolute Gasteiger partial charge is 0.258 e. The van der Waals surface area contributed by atoms with Gasteiger partial charge in [-0.05, 0) is 73.0 Å². The highest BCUT2D eigenvalue weighted by Gasteiger charge is 2.26. The molecule has 1 atom stereocenters. The molecule has 158 valence electrons. The molecule has 0 spiro atoms. The third kappa shape index (κ3) is 4.42. The molecule has 1 aliphatic rings. The molecule has 1 N–H and O–H groups in total. The van der Waals surface area contributed by atoms with Crippen molar-refractivity contribution < 1.29 is 14.3 Å². The standard InChI is InChI=1S/C25H23ClN2O3/c1-16(27-24(29)17-6-9-21(26)10-7-17)18-8-11-23-19(14-18)12-13-28(23)25(30)20-4-3-5-22(15-20)31-2/h3-11,14-16H,12-13H2,1-2H3,(H,27,29)/t16-/m1/s1. The summed E-state index contributed by atoms with van der Waals surface area (Å²) < 4.78 is 5.24. The van der Waals surface area contributed by atoms with Crippen LogP contribution in [0.4, 0.5) is 5.69 Å². The number of hydrogen-bond acceptors (Lipinski definition) is 3. The van der Waals surface area contributed by atoms with E-state index in [-0.39, 0.29) is 17.9 Å². The Morgan fingerprint density at radius 2 is 1.81 bits per heavy atom. The van der Waals surface area contributed by atoms with Crippen LogP contribution in [-0.4, -0.2) is 25.5 Å². The summed E-state index contributed by atoms with van der Waals surface area (Å²) in [6.45, 7) is 2.57. The van der Waals surface area contributed by atoms with Gasteiger partial charge in [-0.15, -0.1) is 0 Å². The number of amides is 2. The predicted octanol–water partition coefficient (Wildman–Crippen LogP) is 5.04. The molecule has 6 heteroatoms. The molecule has 0 saturated carbocycles. The first-order valence-corrected chi connectivity index (χ1v) is 10.5. The monoisotopic (exact) mass is 434 g/mol. The SMILES string of the molecule is COc1cccc(C(=O)N2CCc3cc([C@@H](C)NC(=O)c4ccc(Cl)cc4)ccc32)c1. The molecule has 1 aliphatic heterocycles. The van der Waals surface area contributed by atoms with Crippen LogP contribution in [0.15, 0.2) is 66.7 Å². The van der Waals surface area contributed by atoms with Crippen molar-refractivity contribution in [1.29, 1.82) is 0 Å². The third-order valence-corrected chi connectivity index (χ3v) is 5.77. The number of carbonyl (C=O) groups excluding carboxylic acids is 2. The Kier molecular flexibility index (Phi) is 5.96. The Labute approximate surface area is 186 Å². The summed E-state index contributed by atoms with van der Waals surface area (Å²) in [5, 5.41) is 3.61. The van der Waals surface area contributed by atoms with Crippen molar-refractivity contribution in [2.75, 3.05) is 18.6 Å². The Morgan fingerprint density at radius 3 is 2.55 bits per heavy atom. The summed E-state index contributed by atoms with van der Waals surface area (Å²) in [5.41, 5.74) is 4.17. The maximum absolute atomic E-state index is 13.0. The zero-order valence-corrected chi connectivity index (χ0v) is 18.1. The number of methoxy groups -OCH3 is 1. The fourth-order valence-corrected chi connectivity index (χ4v) is 3.90. The van der Waals surface area contributed by atoms with Crippen molar-refractivity contribution in [2.45, 2.75) is 19.4 Å². The minimum absolute atomic E-state index is 0.0468. The van der Waals surface area contributed by atoms with Gasteiger partial charge in [0.25, 0.3) is 11.8 Å². The number of rotatable bonds is 5. The first kappa shape index (κ1) is 20.9. The number of anilines is 1. The van der Waals surface area contributed by atoms with Crippen molar-refractivity contribution in [2.24, 2.45) is 0 Å². The lowest BCUT2D eigenvalue weighted by Crippen LogP contribution is -2.29. The largest absolute Gasteiger partial charge is 0.497 e. The van der Waals surface area contributed by atoms with Crippen LogP contribution >= 0.6 is 11.6 Å². The van der Waals surface area contributed by atoms with E-state index < -0.39 is 0 Å². The molecule has 0 aliphatic carbocycles. The number of nitrogens with zero attached hydrogens (tertiary/aromatic N) is 1. The molecule has 0 bridgehead atoms. The highest BCUT2D eigenvalue weighted by molar-refractivity contribution is 6.30. The second kappa shape index (κ2) is 8.82. The van der Waals surface area contributed by atoms with Crippen molar-refractivity contribution in [1.82, 2.24) is 5.32 Å². The minimum Gasteiger partial charge on any atom is -0.497 e. The molecular weight excluding hydrogens is 412 g/mol. The average Bonchev–Trinajstić information content (AvgIpc) is 3.22. The van der Waals surface area contributed by atoms with E-state index in [2.05, 4.69) is 11.4 Å². The minimum atomic E-state index is -0.170. The van der Waals surface area contributed by atoms with Gasteiger partial charge in [0.15, 0.2) is 0 Å². The van der Waals surface area contributed by atoms with Gasteiger partial charge < -0.3 is 15.0 Å². The van der Waals surface area contributed by atoms with Gasteiger partial charge in [0.1, 0.15) is 5.75 Å². The van der Waals surface area contributed by atoms with Gasteiger partial charge in [0.2, 0.25) is 0 Å². The fourth-order valence-electron chi connectivity index (χ4n) is 3.78. The van der Waals surface area contributed by atoms with Crippen LogP contribution in [0.5, 0.6) is 5.75 Å². The van der Waals surface area contributed by atoms with E-state index in [9.17, 15) is 9.59 Å². The molecule has 3 aromatic rings. The molecule has 2 amide bonds. The van der Waals surface area contributed by atoms with Crippen LogP contribution in [0.3, 0.4) is 0 Å². The Balaban J connectivity index is 1.49. The topological polar surface area (TPSA) is 58.6 Å². The predicted molar refractivity (Wildman–Crippen MR) is 122 cm³/mol. The first-order chi connectivity index (χ1) is 15.0. The number of ether oxygens (including phenoxy) is 1. The number of hydrogen-bond donors (Lipinski definition) is 1. The van der Waals surface area contributed by atoms with E-state index in [1.165, 1.54) is 0 Å². The van der Waals surface area contributed by atoms with Crippen LogP contribution in [0, 0.1) is 0 Å². The van der Waals surface area contributed by atoms with Crippen LogP contribution in [0.25, 0.3) is 0 Å². The van der Waals surface area contributed by atoms with E-state index in [1.54, 1.807) is 48.4 Å². The molecule has 0 saturated heterocycles. The van der Waals surface area contributed by atoms with Crippen molar-refractivity contribution >= 4 is 29.1 Å². The highest BCUT2D eigenvalue weighted by Crippen LogP contribution is 2.32. The average molecular weight is 435 g/mol. The second-order valence-electron chi connectivity index (χ2n) is 7.53. The number of fused-ring (bicyclic) bond motifs is 1. The maximum atomic E-state index is 13.0. The Morgan fingerprint density at radius 1 is 1.03 bits per heavy atom. The fraction of sp³-hybridized carbons (Fsp3) is 0.200. The van der Waals surface area contributed by atoms with E-state index in [4.69, 9.17) is 16.3 Å². The van der Waals surface area contributed by atoms with Crippen LogP contribution in [0.1, 0.15) is 44.8 Å². The van der Waals surface area contributed by atoms with Crippen molar-refractivity contribution in [3.8, 4) is 5.75 Å². The molecular formula is C25H23ClN2O3. The van der Waals surface area contributed by atoms with E-state index in [1.807, 2.05) is 31.2 Å². The van der Waals surface area contributed by atoms with E-state index in [0.29, 0.717) is 28.4 Å². The zero-order valence-electron chi connectivity index (χ0n) is 17.4. The zero-order chi connectivity index (χ0) is 22.0. The van der Waals surface area contributed by atoms with Gasteiger partial charge in [-0.25, -0.2) is 0 Å². The van der Waals surface area contributed by atoms with Crippen molar-refractivity contribution in [3.05, 3.63) is 94.0 Å². The number of benzene rings is 3. The summed E-state index contributed by atoms with van der Waals surface area (Å²) >= 11 is 5.89. The van der Waals surface area contributed by atoms with Gasteiger partial charge >= 0.3 is 0 Å². The molecule has 4 rings (SSSR count). The van der Waals surface area contributed by atoms with E-state index >= 15 is 0 Å². The molecule has 31 heavy (non-hydrogen) atoms. The van der Waals surface area contributed by atoms with E-state index in [0.717, 1.165) is 23.2 Å². The highest BCUT2D eigenvalue weighted by atomic mass is 35.5. The van der Waals surface area contributed by atoms with Gasteiger partial charge in [0, 0.05) is 28.4 Å². The quantitative estimate of drug-likeness (QED) is 0.611. The summed E-state index contributed by atoms with van der Waals surface area (Å²) in [4.78, 5) is 27.3. The lowest BCUT2D eigenvalue weighted by molar-refractivity contribution is 0.0938. The second-order valence-corrected chi connectivity index (χ2v) is 7.97. The normalized spacial score (nSPS) is 13.5. The maximum Gasteiger partial charge on any atom is 0.258 e. The van der Waals surface area contributed by atoms with Gasteiger partial charge in [-0.3, -0.25) is 9.59 Å². The summed E-state index contributed by atoms with van der Waals surface area (Å²) in [7, 11) is 1.59. The number of carbonyl (C=O) groups is 2. The van der Waals surface area contributed by atoms with Gasteiger partial charge in [-0.1, -0.05) is 29.8 Å². The summed E-state index contributed by atoms with van der Waals surface area (Å²) in [5.74, 6) is 0.458. The molecule has 0 aromatic heterocycles. The Bertz CT molecular complexity index is 1130. The van der Waals surface area contributed by atoms with Gasteiger partial charge in [-0.2, -0.15) is 0 Å². The van der Waals surface area contributed by atoms with Crippen LogP contribution in [0.2, 0.25) is 5.02 Å². The van der Waals surface area contributed by atoms with Crippen molar-refractivity contribution in [3.63, 3.8) is 0 Å². The van der Waals surface area contributed by atoms with Crippen LogP contribution < -0.4 is 15.0 Å². The summed E-state index contributed by atoms with van der Waals surface area (Å²) in [6.07, 6.45) is 0.775. The van der Waals surface area contributed by atoms with Gasteiger partial charge in [0.05, 0.1) is 13.2 Å². The molecule has 1 heterocycles. The molecule has 5 nitrogen and oxygen atoms in total. The first-order valence-electron chi connectivity index (χ1n) is 10.1. The summed E-state index contributed by atoms with van der Waals surface area (Å²) in [6, 6.07) is 19.8. The van der Waals surface area contributed by atoms with Crippen LogP contribution in [-0.2, 0) is 6.42 Å². The lowest BCUT2D eigenvalue weighted by Gasteiger charge is -2.19. The number of nitrogens with one attached hydrogen (secondary N) is 1. The molecule has 0 radical (unpaired) electrons.